The number of para-hydroxylation sites is 1. The third-order valence-electron chi connectivity index (χ3n) is 5.49. The zero-order chi connectivity index (χ0) is 21.4. The number of Topliss-reactive ketones (excluding diaryl/α,β-unsaturated/α-hetero) is 1. The van der Waals surface area contributed by atoms with Crippen LogP contribution in [0, 0.1) is 5.92 Å². The molecule has 6 heteroatoms. The molecular weight excluding hydrogens is 456 g/mol. The highest BCUT2D eigenvalue weighted by Gasteiger charge is 2.44. The normalized spacial score (nSPS) is 16.5. The number of carbonyl (C=O) groups is 2. The van der Waals surface area contributed by atoms with E-state index in [9.17, 15) is 9.59 Å². The number of aromatic amines is 1. The smallest absolute Gasteiger partial charge is 0.323 e. The molecule has 0 amide bonds. The largest absolute Gasteiger partial charge is 0.425 e. The van der Waals surface area contributed by atoms with E-state index in [-0.39, 0.29) is 5.78 Å². The van der Waals surface area contributed by atoms with Crippen molar-refractivity contribution in [1.82, 2.24) is 9.97 Å². The number of ether oxygens (including phenoxy) is 1. The summed E-state index contributed by atoms with van der Waals surface area (Å²) in [6.07, 6.45) is 3.30. The highest BCUT2D eigenvalue weighted by molar-refractivity contribution is 9.10. The average molecular weight is 473 g/mol. The number of benzene rings is 3. The molecule has 0 saturated heterocycles. The molecule has 5 rings (SSSR count). The molecule has 2 atom stereocenters. The summed E-state index contributed by atoms with van der Waals surface area (Å²) in [4.78, 5) is 33.7. The molecule has 1 aliphatic rings. The number of fused-ring (bicyclic) bond motifs is 1. The number of carbonyl (C=O) groups excluding carboxylic acids is 2. The lowest BCUT2D eigenvalue weighted by atomic mass is 9.79. The molecule has 152 valence electrons. The fourth-order valence-corrected chi connectivity index (χ4v) is 4.24. The van der Waals surface area contributed by atoms with Crippen LogP contribution in [0.1, 0.15) is 27.7 Å². The Kier molecular flexibility index (Phi) is 5.00. The molecule has 2 unspecified atom stereocenters. The van der Waals surface area contributed by atoms with E-state index in [2.05, 4.69) is 25.9 Å². The molecule has 1 N–H and O–H groups in total. The van der Waals surface area contributed by atoms with Crippen LogP contribution in [-0.2, 0) is 4.79 Å². The predicted molar refractivity (Wildman–Crippen MR) is 120 cm³/mol. The summed E-state index contributed by atoms with van der Waals surface area (Å²) in [5.41, 5.74) is 3.34. The lowest BCUT2D eigenvalue weighted by molar-refractivity contribution is -0.138. The van der Waals surface area contributed by atoms with Crippen LogP contribution in [-0.4, -0.2) is 21.7 Å². The number of rotatable bonds is 4. The van der Waals surface area contributed by atoms with Crippen LogP contribution in [0.3, 0.4) is 0 Å². The van der Waals surface area contributed by atoms with Crippen molar-refractivity contribution in [3.8, 4) is 16.9 Å². The van der Waals surface area contributed by atoms with Crippen LogP contribution in [0.2, 0.25) is 0 Å². The van der Waals surface area contributed by atoms with E-state index in [0.717, 1.165) is 21.2 Å². The Morgan fingerprint density at radius 1 is 0.903 bits per heavy atom. The van der Waals surface area contributed by atoms with E-state index in [1.54, 1.807) is 36.7 Å². The molecule has 2 heterocycles. The number of hydrogen-bond acceptors (Lipinski definition) is 4. The molecule has 3 aromatic carbocycles. The highest BCUT2D eigenvalue weighted by Crippen LogP contribution is 2.39. The number of ketones is 1. The number of nitrogens with zero attached hydrogens (tertiary/aromatic N) is 1. The number of hydrogen-bond donors (Lipinski definition) is 1. The predicted octanol–water partition coefficient (Wildman–Crippen LogP) is 5.39. The number of H-pyrrole nitrogens is 1. The fourth-order valence-electron chi connectivity index (χ4n) is 3.97. The lowest BCUT2D eigenvalue weighted by Crippen LogP contribution is -2.38. The summed E-state index contributed by atoms with van der Waals surface area (Å²) >= 11 is 3.45. The van der Waals surface area contributed by atoms with Gasteiger partial charge in [0.05, 0.1) is 11.5 Å². The Balaban J connectivity index is 1.56. The summed E-state index contributed by atoms with van der Waals surface area (Å²) in [6, 6.07) is 22.7. The second kappa shape index (κ2) is 7.96. The van der Waals surface area contributed by atoms with Crippen LogP contribution >= 0.6 is 15.9 Å². The van der Waals surface area contributed by atoms with Gasteiger partial charge in [0.25, 0.3) is 0 Å². The van der Waals surface area contributed by atoms with Crippen molar-refractivity contribution in [2.75, 3.05) is 0 Å². The Labute approximate surface area is 187 Å². The lowest BCUT2D eigenvalue weighted by Gasteiger charge is -2.28. The molecule has 5 nitrogen and oxygen atoms in total. The van der Waals surface area contributed by atoms with Gasteiger partial charge in [-0.1, -0.05) is 64.5 Å². The Bertz CT molecular complexity index is 1250. The number of nitrogens with one attached hydrogen (secondary N) is 1. The van der Waals surface area contributed by atoms with Gasteiger partial charge in [-0.2, -0.15) is 0 Å². The van der Waals surface area contributed by atoms with Crippen molar-refractivity contribution in [2.45, 2.75) is 5.92 Å². The zero-order valence-corrected chi connectivity index (χ0v) is 17.9. The molecule has 0 spiro atoms. The van der Waals surface area contributed by atoms with Crippen molar-refractivity contribution in [2.24, 2.45) is 5.92 Å². The van der Waals surface area contributed by atoms with Gasteiger partial charge in [0.1, 0.15) is 17.5 Å². The summed E-state index contributed by atoms with van der Waals surface area (Å²) < 4.78 is 6.53. The maximum Gasteiger partial charge on any atom is 0.323 e. The van der Waals surface area contributed by atoms with Gasteiger partial charge in [-0.3, -0.25) is 9.59 Å². The zero-order valence-electron chi connectivity index (χ0n) is 16.3. The Morgan fingerprint density at radius 2 is 1.58 bits per heavy atom. The monoisotopic (exact) mass is 472 g/mol. The summed E-state index contributed by atoms with van der Waals surface area (Å²) in [5, 5.41) is 0. The van der Waals surface area contributed by atoms with Crippen LogP contribution in [0.5, 0.6) is 5.75 Å². The second-order valence-corrected chi connectivity index (χ2v) is 8.26. The Hall–Kier alpha value is -3.51. The van der Waals surface area contributed by atoms with E-state index in [1.165, 1.54) is 0 Å². The molecule has 0 bridgehead atoms. The maximum atomic E-state index is 13.3. The molecule has 31 heavy (non-hydrogen) atoms. The minimum atomic E-state index is -1.01. The minimum absolute atomic E-state index is 0.259. The fraction of sp³-hybridized carbons (Fsp3) is 0.0800. The molecular formula is C25H17BrN2O3. The van der Waals surface area contributed by atoms with Crippen molar-refractivity contribution in [1.29, 1.82) is 0 Å². The van der Waals surface area contributed by atoms with E-state index in [1.807, 2.05) is 48.5 Å². The van der Waals surface area contributed by atoms with Crippen molar-refractivity contribution >= 4 is 27.7 Å². The van der Waals surface area contributed by atoms with Gasteiger partial charge in [0.15, 0.2) is 5.78 Å². The number of halogens is 1. The van der Waals surface area contributed by atoms with E-state index < -0.39 is 17.8 Å². The first kappa shape index (κ1) is 19.5. The molecule has 1 aliphatic heterocycles. The number of esters is 1. The third kappa shape index (κ3) is 3.59. The first-order valence-electron chi connectivity index (χ1n) is 9.82. The van der Waals surface area contributed by atoms with Crippen LogP contribution in [0.4, 0.5) is 0 Å². The molecule has 1 aromatic heterocycles. The number of imidazole rings is 1. The van der Waals surface area contributed by atoms with Crippen molar-refractivity contribution in [3.63, 3.8) is 0 Å². The van der Waals surface area contributed by atoms with Gasteiger partial charge in [0, 0.05) is 16.9 Å². The molecule has 0 fully saturated rings. The van der Waals surface area contributed by atoms with Gasteiger partial charge in [-0.15, -0.1) is 0 Å². The van der Waals surface area contributed by atoms with Gasteiger partial charge < -0.3 is 9.72 Å². The topological polar surface area (TPSA) is 72.1 Å². The third-order valence-corrected chi connectivity index (χ3v) is 6.02. The summed E-state index contributed by atoms with van der Waals surface area (Å²) in [7, 11) is 0. The minimum Gasteiger partial charge on any atom is -0.425 e. The SMILES string of the molecule is O=C1Oc2ccccc2C(=O)C1C(c1ccc(-c2ccc(Br)cc2)cc1)c1ncc[nH]1. The van der Waals surface area contributed by atoms with Gasteiger partial charge in [-0.05, 0) is 41.0 Å². The van der Waals surface area contributed by atoms with E-state index in [0.29, 0.717) is 17.1 Å². The van der Waals surface area contributed by atoms with Gasteiger partial charge in [-0.25, -0.2) is 4.98 Å². The number of aromatic nitrogens is 2. The molecule has 0 radical (unpaired) electrons. The molecule has 0 aliphatic carbocycles. The Morgan fingerprint density at radius 3 is 2.26 bits per heavy atom. The maximum absolute atomic E-state index is 13.3. The van der Waals surface area contributed by atoms with Gasteiger partial charge >= 0.3 is 5.97 Å². The average Bonchev–Trinajstić information content (AvgIpc) is 3.32. The first-order chi connectivity index (χ1) is 15.1. The van der Waals surface area contributed by atoms with Gasteiger partial charge in [0.2, 0.25) is 0 Å². The van der Waals surface area contributed by atoms with Crippen molar-refractivity contribution < 1.29 is 14.3 Å². The standard InChI is InChI=1S/C25H17BrN2O3/c26-18-11-9-16(10-12-18)15-5-7-17(8-6-15)21(24-27-13-14-28-24)22-23(29)19-3-1-2-4-20(19)31-25(22)30/h1-14,21-22H,(H,27,28). The first-order valence-corrected chi connectivity index (χ1v) is 10.6. The van der Waals surface area contributed by atoms with E-state index >= 15 is 0 Å². The van der Waals surface area contributed by atoms with Crippen LogP contribution < -0.4 is 4.74 Å². The van der Waals surface area contributed by atoms with Crippen molar-refractivity contribution in [3.05, 3.63) is 107 Å². The van der Waals surface area contributed by atoms with E-state index in [4.69, 9.17) is 4.74 Å². The summed E-state index contributed by atoms with van der Waals surface area (Å²) in [5.74, 6) is -1.57. The molecule has 0 saturated carbocycles. The quantitative estimate of drug-likeness (QED) is 0.245. The highest BCUT2D eigenvalue weighted by atomic mass is 79.9. The second-order valence-electron chi connectivity index (χ2n) is 7.34. The molecule has 4 aromatic rings. The summed E-state index contributed by atoms with van der Waals surface area (Å²) in [6.45, 7) is 0. The van der Waals surface area contributed by atoms with Crippen LogP contribution in [0.15, 0.2) is 89.7 Å². The van der Waals surface area contributed by atoms with Crippen LogP contribution in [0.25, 0.3) is 11.1 Å².